The highest BCUT2D eigenvalue weighted by Crippen LogP contribution is 2.36. The van der Waals surface area contributed by atoms with Crippen LogP contribution in [0, 0.1) is 6.92 Å². The van der Waals surface area contributed by atoms with Gasteiger partial charge in [-0.25, -0.2) is 4.98 Å². The van der Waals surface area contributed by atoms with Gasteiger partial charge in [-0.1, -0.05) is 34.8 Å². The van der Waals surface area contributed by atoms with Gasteiger partial charge in [-0.15, -0.1) is 0 Å². The highest BCUT2D eigenvalue weighted by Gasteiger charge is 2.11. The molecule has 0 spiro atoms. The number of halogens is 3. The lowest BCUT2D eigenvalue weighted by molar-refractivity contribution is 0.458. The smallest absolute Gasteiger partial charge is 0.227 e. The number of nitrogens with two attached hydrogens (primary N) is 1. The van der Waals surface area contributed by atoms with Gasteiger partial charge >= 0.3 is 0 Å². The van der Waals surface area contributed by atoms with Crippen molar-refractivity contribution in [2.45, 2.75) is 6.92 Å². The summed E-state index contributed by atoms with van der Waals surface area (Å²) in [5.74, 6) is 0.793. The standard InChI is InChI=1S/C11H8Cl3N3O/c1-5-4-16-11(15)17-10(5)18-9-3-7(13)6(12)2-8(9)14/h2-4H,1H3,(H2,15,16,17). The summed E-state index contributed by atoms with van der Waals surface area (Å²) in [5, 5.41) is 1.03. The molecule has 2 N–H and O–H groups in total. The van der Waals surface area contributed by atoms with E-state index < -0.39 is 0 Å². The number of nitrogens with zero attached hydrogens (tertiary/aromatic N) is 2. The third-order valence-corrected chi connectivity index (χ3v) is 3.14. The zero-order chi connectivity index (χ0) is 13.3. The Morgan fingerprint density at radius 2 is 1.78 bits per heavy atom. The van der Waals surface area contributed by atoms with E-state index in [4.69, 9.17) is 45.3 Å². The molecule has 0 fully saturated rings. The normalized spacial score (nSPS) is 10.4. The summed E-state index contributed by atoms with van der Waals surface area (Å²) < 4.78 is 5.55. The fraction of sp³-hybridized carbons (Fsp3) is 0.0909. The number of hydrogen-bond acceptors (Lipinski definition) is 4. The summed E-state index contributed by atoms with van der Waals surface area (Å²) in [6.45, 7) is 1.79. The SMILES string of the molecule is Cc1cnc(N)nc1Oc1cc(Cl)c(Cl)cc1Cl. The molecule has 94 valence electrons. The second-order valence-electron chi connectivity index (χ2n) is 3.52. The van der Waals surface area contributed by atoms with Gasteiger partial charge in [0.2, 0.25) is 11.8 Å². The van der Waals surface area contributed by atoms with Crippen molar-refractivity contribution in [1.82, 2.24) is 9.97 Å². The van der Waals surface area contributed by atoms with Gasteiger partial charge < -0.3 is 10.5 Å². The average Bonchev–Trinajstić information content (AvgIpc) is 2.30. The summed E-state index contributed by atoms with van der Waals surface area (Å²) in [6, 6.07) is 3.02. The molecule has 18 heavy (non-hydrogen) atoms. The van der Waals surface area contributed by atoms with Crippen molar-refractivity contribution < 1.29 is 4.74 Å². The molecule has 1 heterocycles. The van der Waals surface area contributed by atoms with Crippen LogP contribution < -0.4 is 10.5 Å². The van der Waals surface area contributed by atoms with Gasteiger partial charge in [0, 0.05) is 17.8 Å². The van der Waals surface area contributed by atoms with Crippen LogP contribution in [-0.2, 0) is 0 Å². The van der Waals surface area contributed by atoms with Gasteiger partial charge in [-0.3, -0.25) is 0 Å². The first-order valence-electron chi connectivity index (χ1n) is 4.89. The van der Waals surface area contributed by atoms with E-state index in [1.807, 2.05) is 0 Å². The largest absolute Gasteiger partial charge is 0.437 e. The predicted molar refractivity (Wildman–Crippen MR) is 72.7 cm³/mol. The molecule has 0 aliphatic carbocycles. The second-order valence-corrected chi connectivity index (χ2v) is 4.74. The summed E-state index contributed by atoms with van der Waals surface area (Å²) in [5.41, 5.74) is 6.22. The van der Waals surface area contributed by atoms with E-state index in [0.29, 0.717) is 26.7 Å². The highest BCUT2D eigenvalue weighted by molar-refractivity contribution is 6.43. The molecule has 0 radical (unpaired) electrons. The highest BCUT2D eigenvalue weighted by atomic mass is 35.5. The predicted octanol–water partition coefficient (Wildman–Crippen LogP) is 4.12. The van der Waals surface area contributed by atoms with Crippen LogP contribution in [0.25, 0.3) is 0 Å². The van der Waals surface area contributed by atoms with Crippen molar-refractivity contribution in [3.8, 4) is 11.6 Å². The number of hydrogen-bond donors (Lipinski definition) is 1. The minimum absolute atomic E-state index is 0.117. The number of aryl methyl sites for hydroxylation is 1. The molecule has 0 unspecified atom stereocenters. The van der Waals surface area contributed by atoms with Crippen molar-refractivity contribution in [2.75, 3.05) is 5.73 Å². The maximum Gasteiger partial charge on any atom is 0.227 e. The Kier molecular flexibility index (Phi) is 3.80. The van der Waals surface area contributed by atoms with E-state index in [9.17, 15) is 0 Å². The fourth-order valence-corrected chi connectivity index (χ4v) is 1.80. The van der Waals surface area contributed by atoms with E-state index in [1.54, 1.807) is 13.1 Å². The van der Waals surface area contributed by atoms with Crippen LogP contribution in [0.15, 0.2) is 18.3 Å². The van der Waals surface area contributed by atoms with Crippen LogP contribution >= 0.6 is 34.8 Å². The van der Waals surface area contributed by atoms with Gasteiger partial charge in [0.25, 0.3) is 0 Å². The Labute approximate surface area is 119 Å². The van der Waals surface area contributed by atoms with Gasteiger partial charge in [-0.05, 0) is 13.0 Å². The summed E-state index contributed by atoms with van der Waals surface area (Å²) >= 11 is 17.7. The maximum absolute atomic E-state index is 6.00. The quantitative estimate of drug-likeness (QED) is 0.848. The first kappa shape index (κ1) is 13.2. The number of rotatable bonds is 2. The molecule has 2 aromatic rings. The van der Waals surface area contributed by atoms with E-state index in [0.717, 1.165) is 5.56 Å². The zero-order valence-electron chi connectivity index (χ0n) is 9.25. The van der Waals surface area contributed by atoms with Gasteiger partial charge in [0.1, 0.15) is 5.75 Å². The summed E-state index contributed by atoms with van der Waals surface area (Å²) in [6.07, 6.45) is 1.56. The van der Waals surface area contributed by atoms with Crippen molar-refractivity contribution in [1.29, 1.82) is 0 Å². The van der Waals surface area contributed by atoms with Gasteiger partial charge in [-0.2, -0.15) is 4.98 Å². The molecule has 0 aliphatic rings. The Balaban J connectivity index is 2.40. The van der Waals surface area contributed by atoms with Gasteiger partial charge in [0.05, 0.1) is 15.1 Å². The molecule has 7 heteroatoms. The molecule has 0 aliphatic heterocycles. The summed E-state index contributed by atoms with van der Waals surface area (Å²) in [7, 11) is 0. The van der Waals surface area contributed by atoms with Crippen LogP contribution in [0.3, 0.4) is 0 Å². The Morgan fingerprint density at radius 3 is 2.50 bits per heavy atom. The lowest BCUT2D eigenvalue weighted by Gasteiger charge is -2.10. The number of ether oxygens (including phenoxy) is 1. The molecule has 0 bridgehead atoms. The van der Waals surface area contributed by atoms with Crippen LogP contribution in [0.4, 0.5) is 5.95 Å². The first-order valence-corrected chi connectivity index (χ1v) is 6.02. The second kappa shape index (κ2) is 5.18. The molecule has 0 amide bonds. The number of nitrogen functional groups attached to an aromatic ring is 1. The molecule has 0 saturated heterocycles. The monoisotopic (exact) mass is 303 g/mol. The van der Waals surface area contributed by atoms with E-state index >= 15 is 0 Å². The molecule has 1 aromatic heterocycles. The van der Waals surface area contributed by atoms with Crippen molar-refractivity contribution >= 4 is 40.8 Å². The Morgan fingerprint density at radius 1 is 1.11 bits per heavy atom. The average molecular weight is 305 g/mol. The maximum atomic E-state index is 6.00. The number of anilines is 1. The third kappa shape index (κ3) is 2.77. The van der Waals surface area contributed by atoms with Crippen molar-refractivity contribution in [2.24, 2.45) is 0 Å². The molecule has 0 atom stereocenters. The molecule has 2 rings (SSSR count). The minimum Gasteiger partial charge on any atom is -0.437 e. The molecule has 1 aromatic carbocycles. The molecule has 4 nitrogen and oxygen atoms in total. The molecule has 0 saturated carbocycles. The zero-order valence-corrected chi connectivity index (χ0v) is 11.5. The lowest BCUT2D eigenvalue weighted by atomic mass is 10.3. The Bertz CT molecular complexity index is 604. The number of benzene rings is 1. The third-order valence-electron chi connectivity index (χ3n) is 2.13. The minimum atomic E-state index is 0.117. The van der Waals surface area contributed by atoms with Crippen LogP contribution in [0.2, 0.25) is 15.1 Å². The van der Waals surface area contributed by atoms with Gasteiger partial charge in [0.15, 0.2) is 0 Å². The Hall–Kier alpha value is -1.23. The van der Waals surface area contributed by atoms with E-state index in [-0.39, 0.29) is 5.95 Å². The van der Waals surface area contributed by atoms with Crippen LogP contribution in [-0.4, -0.2) is 9.97 Å². The topological polar surface area (TPSA) is 61.0 Å². The lowest BCUT2D eigenvalue weighted by Crippen LogP contribution is -1.99. The van der Waals surface area contributed by atoms with E-state index in [1.165, 1.54) is 12.1 Å². The molecular weight excluding hydrogens is 296 g/mol. The van der Waals surface area contributed by atoms with Crippen molar-refractivity contribution in [3.05, 3.63) is 39.0 Å². The number of aromatic nitrogens is 2. The molecular formula is C11H8Cl3N3O. The van der Waals surface area contributed by atoms with E-state index in [2.05, 4.69) is 9.97 Å². The first-order chi connectivity index (χ1) is 8.47. The van der Waals surface area contributed by atoms with Crippen molar-refractivity contribution in [3.63, 3.8) is 0 Å². The summed E-state index contributed by atoms with van der Waals surface area (Å²) in [4.78, 5) is 7.81. The fourth-order valence-electron chi connectivity index (χ4n) is 1.23. The van der Waals surface area contributed by atoms with Crippen LogP contribution in [0.5, 0.6) is 11.6 Å². The van der Waals surface area contributed by atoms with Crippen LogP contribution in [0.1, 0.15) is 5.56 Å².